The first-order valence-electron chi connectivity index (χ1n) is 14.3. The molecule has 3 unspecified atom stereocenters. The summed E-state index contributed by atoms with van der Waals surface area (Å²) in [5.41, 5.74) is 3.34. The van der Waals surface area contributed by atoms with E-state index in [2.05, 4.69) is 15.6 Å². The van der Waals surface area contributed by atoms with Crippen LogP contribution in [0.2, 0.25) is 15.1 Å². The molecule has 0 saturated carbocycles. The van der Waals surface area contributed by atoms with Gasteiger partial charge in [0.2, 0.25) is 5.91 Å². The summed E-state index contributed by atoms with van der Waals surface area (Å²) in [6, 6.07) is 22.7. The highest BCUT2D eigenvalue weighted by Gasteiger charge is 2.14. The first-order chi connectivity index (χ1) is 20.5. The number of ether oxygens (including phenoxy) is 1. The van der Waals surface area contributed by atoms with Gasteiger partial charge in [0, 0.05) is 34.6 Å². The van der Waals surface area contributed by atoms with Crippen LogP contribution in [0.1, 0.15) is 37.5 Å². The van der Waals surface area contributed by atoms with Gasteiger partial charge in [-0.15, -0.1) is 0 Å². The number of aliphatic imine (C=N–C) groups is 1. The zero-order valence-electron chi connectivity index (χ0n) is 24.9. The molecular weight excluding hydrogens is 609 g/mol. The van der Waals surface area contributed by atoms with Crippen molar-refractivity contribution in [3.8, 4) is 0 Å². The van der Waals surface area contributed by atoms with Crippen molar-refractivity contribution in [3.05, 3.63) is 105 Å². The molecule has 3 atom stereocenters. The SMILES string of the molecule is CC(O)CNC(=O)Cc1ccc(Cl)cc1.CC(O)CNCCc1ccc(Cl)cc1.CC1CN=C(Cc2ccc(Cl)cc2)O1. The van der Waals surface area contributed by atoms with Gasteiger partial charge in [0.25, 0.3) is 0 Å². The molecule has 4 rings (SSSR count). The number of halogens is 3. The Balaban J connectivity index is 0.000000225. The lowest BCUT2D eigenvalue weighted by Gasteiger charge is -2.06. The number of carbonyl (C=O) groups excluding carboxylic acids is 1. The monoisotopic (exact) mass is 649 g/mol. The molecule has 1 aliphatic heterocycles. The zero-order chi connectivity index (χ0) is 31.6. The Kier molecular flexibility index (Phi) is 17.3. The Hall–Kier alpha value is -2.65. The van der Waals surface area contributed by atoms with Crippen molar-refractivity contribution in [2.24, 2.45) is 4.99 Å². The van der Waals surface area contributed by atoms with Crippen molar-refractivity contribution in [1.82, 2.24) is 10.6 Å². The molecule has 1 aliphatic rings. The topological polar surface area (TPSA) is 103 Å². The van der Waals surface area contributed by atoms with E-state index in [1.807, 2.05) is 67.6 Å². The molecule has 0 aliphatic carbocycles. The molecule has 4 N–H and O–H groups in total. The molecule has 43 heavy (non-hydrogen) atoms. The first-order valence-corrected chi connectivity index (χ1v) is 15.4. The first kappa shape index (κ1) is 36.5. The average molecular weight is 651 g/mol. The van der Waals surface area contributed by atoms with Gasteiger partial charge in [-0.2, -0.15) is 0 Å². The zero-order valence-corrected chi connectivity index (χ0v) is 27.2. The molecule has 0 aromatic heterocycles. The molecule has 0 spiro atoms. The van der Waals surface area contributed by atoms with Gasteiger partial charge >= 0.3 is 0 Å². The standard InChI is InChI=1S/C11H14ClNO2.C11H12ClNO.C11H16ClNO/c1-8(14)7-13-11(15)6-9-2-4-10(12)5-3-9;1-8-7-13-11(14-8)6-9-2-4-10(12)5-3-9;1-9(14)8-13-7-6-10-2-4-11(12)5-3-10/h2-5,8,14H,6-7H2,1H3,(H,13,15);2-5,8H,6-7H2,1H3;2-5,9,13-14H,6-8H2,1H3. The van der Waals surface area contributed by atoms with Crippen LogP contribution >= 0.6 is 34.8 Å². The van der Waals surface area contributed by atoms with Gasteiger partial charge in [0.05, 0.1) is 25.2 Å². The third-order valence-corrected chi connectivity index (χ3v) is 6.70. The third-order valence-electron chi connectivity index (χ3n) is 5.95. The summed E-state index contributed by atoms with van der Waals surface area (Å²) in [6.45, 7) is 8.02. The number of carbonyl (C=O) groups is 1. The van der Waals surface area contributed by atoms with Crippen molar-refractivity contribution >= 4 is 46.6 Å². The second-order valence-electron chi connectivity index (χ2n) is 10.4. The van der Waals surface area contributed by atoms with Crippen molar-refractivity contribution < 1.29 is 19.7 Å². The van der Waals surface area contributed by atoms with E-state index < -0.39 is 6.10 Å². The second kappa shape index (κ2) is 20.3. The van der Waals surface area contributed by atoms with Crippen LogP contribution in [0.3, 0.4) is 0 Å². The molecule has 0 bridgehead atoms. The Morgan fingerprint density at radius 1 is 0.837 bits per heavy atom. The predicted molar refractivity (Wildman–Crippen MR) is 178 cm³/mol. The lowest BCUT2D eigenvalue weighted by Crippen LogP contribution is -2.31. The number of aliphatic hydroxyl groups is 2. The number of rotatable bonds is 11. The van der Waals surface area contributed by atoms with Crippen LogP contribution in [0.15, 0.2) is 77.8 Å². The highest BCUT2D eigenvalue weighted by atomic mass is 35.5. The molecule has 3 aromatic carbocycles. The summed E-state index contributed by atoms with van der Waals surface area (Å²) in [7, 11) is 0. The maximum Gasteiger partial charge on any atom is 0.224 e. The Morgan fingerprint density at radius 3 is 1.79 bits per heavy atom. The predicted octanol–water partition coefficient (Wildman–Crippen LogP) is 5.93. The molecule has 1 amide bonds. The summed E-state index contributed by atoms with van der Waals surface area (Å²) in [6.07, 6.45) is 1.48. The fourth-order valence-corrected chi connectivity index (χ4v) is 4.10. The molecular formula is C33H42Cl3N3O4. The van der Waals surface area contributed by atoms with Gasteiger partial charge in [-0.25, -0.2) is 0 Å². The highest BCUT2D eigenvalue weighted by molar-refractivity contribution is 6.31. The summed E-state index contributed by atoms with van der Waals surface area (Å²) < 4.78 is 5.51. The van der Waals surface area contributed by atoms with Crippen LogP contribution in [0.4, 0.5) is 0 Å². The summed E-state index contributed by atoms with van der Waals surface area (Å²) in [5, 5.41) is 26.0. The molecule has 7 nitrogen and oxygen atoms in total. The minimum Gasteiger partial charge on any atom is -0.476 e. The summed E-state index contributed by atoms with van der Waals surface area (Å²) in [4.78, 5) is 15.6. The van der Waals surface area contributed by atoms with E-state index in [0.29, 0.717) is 18.0 Å². The fourth-order valence-electron chi connectivity index (χ4n) is 3.72. The number of nitrogens with zero attached hydrogens (tertiary/aromatic N) is 1. The van der Waals surface area contributed by atoms with Gasteiger partial charge in [-0.1, -0.05) is 71.2 Å². The molecule has 3 aromatic rings. The maximum atomic E-state index is 11.3. The molecule has 0 fully saturated rings. The number of hydrogen-bond acceptors (Lipinski definition) is 6. The highest BCUT2D eigenvalue weighted by Crippen LogP contribution is 2.13. The van der Waals surface area contributed by atoms with Gasteiger partial charge in [-0.3, -0.25) is 9.79 Å². The quantitative estimate of drug-likeness (QED) is 0.193. The maximum absolute atomic E-state index is 11.3. The Bertz CT molecular complexity index is 1240. The van der Waals surface area contributed by atoms with Crippen molar-refractivity contribution in [2.75, 3.05) is 26.2 Å². The van der Waals surface area contributed by atoms with E-state index in [0.717, 1.165) is 47.4 Å². The largest absolute Gasteiger partial charge is 0.476 e. The van der Waals surface area contributed by atoms with Gasteiger partial charge in [0.1, 0.15) is 6.10 Å². The van der Waals surface area contributed by atoms with E-state index in [1.165, 1.54) is 11.1 Å². The van der Waals surface area contributed by atoms with E-state index in [9.17, 15) is 4.79 Å². The number of hydrogen-bond donors (Lipinski definition) is 4. The molecule has 1 heterocycles. The number of benzene rings is 3. The van der Waals surface area contributed by atoms with Crippen molar-refractivity contribution in [1.29, 1.82) is 0 Å². The van der Waals surface area contributed by atoms with Gasteiger partial charge in [-0.05, 0) is 86.8 Å². The van der Waals surface area contributed by atoms with E-state index in [1.54, 1.807) is 26.0 Å². The van der Waals surface area contributed by atoms with Crippen LogP contribution in [0, 0.1) is 0 Å². The third kappa shape index (κ3) is 17.3. The second-order valence-corrected chi connectivity index (χ2v) is 11.7. The molecule has 0 saturated heterocycles. The normalized spacial score (nSPS) is 15.1. The number of aliphatic hydroxyl groups excluding tert-OH is 2. The molecule has 234 valence electrons. The van der Waals surface area contributed by atoms with Crippen LogP contribution in [0.5, 0.6) is 0 Å². The summed E-state index contributed by atoms with van der Waals surface area (Å²) >= 11 is 17.3. The number of nitrogens with one attached hydrogen (secondary N) is 2. The number of amides is 1. The van der Waals surface area contributed by atoms with Crippen molar-refractivity contribution in [3.63, 3.8) is 0 Å². The van der Waals surface area contributed by atoms with E-state index >= 15 is 0 Å². The lowest BCUT2D eigenvalue weighted by molar-refractivity contribution is -0.120. The lowest BCUT2D eigenvalue weighted by atomic mass is 10.1. The fraction of sp³-hybridized carbons (Fsp3) is 0.394. The van der Waals surface area contributed by atoms with Crippen molar-refractivity contribution in [2.45, 2.75) is 58.3 Å². The minimum absolute atomic E-state index is 0.0989. The van der Waals surface area contributed by atoms with Gasteiger partial charge < -0.3 is 25.6 Å². The van der Waals surface area contributed by atoms with E-state index in [4.69, 9.17) is 49.8 Å². The molecule has 10 heteroatoms. The smallest absolute Gasteiger partial charge is 0.224 e. The average Bonchev–Trinajstić information content (AvgIpc) is 3.38. The Labute approximate surface area is 270 Å². The van der Waals surface area contributed by atoms with Crippen LogP contribution in [-0.2, 0) is 28.8 Å². The Morgan fingerprint density at radius 2 is 1.33 bits per heavy atom. The van der Waals surface area contributed by atoms with E-state index in [-0.39, 0.29) is 24.7 Å². The minimum atomic E-state index is -0.515. The van der Waals surface area contributed by atoms with Gasteiger partial charge in [0.15, 0.2) is 5.90 Å². The summed E-state index contributed by atoms with van der Waals surface area (Å²) in [5.74, 6) is 0.734. The van der Waals surface area contributed by atoms with Crippen LogP contribution < -0.4 is 10.6 Å². The van der Waals surface area contributed by atoms with Crippen LogP contribution in [-0.4, -0.2) is 66.5 Å². The van der Waals surface area contributed by atoms with Crippen LogP contribution in [0.25, 0.3) is 0 Å². The molecule has 0 radical (unpaired) electrons.